The molecule has 3 N–H and O–H groups in total. The van der Waals surface area contributed by atoms with Crippen molar-refractivity contribution in [3.8, 4) is 5.75 Å². The minimum Gasteiger partial charge on any atom is -0.460 e. The highest BCUT2D eigenvalue weighted by atomic mass is 16.6. The number of benzene rings is 2. The molecule has 0 radical (unpaired) electrons. The summed E-state index contributed by atoms with van der Waals surface area (Å²) in [4.78, 5) is 79.5. The van der Waals surface area contributed by atoms with Crippen molar-refractivity contribution < 1.29 is 57.2 Å². The van der Waals surface area contributed by atoms with E-state index in [1.54, 1.807) is 107 Å². The Hall–Kier alpha value is -5.67. The molecule has 55 heavy (non-hydrogen) atoms. The van der Waals surface area contributed by atoms with Gasteiger partial charge in [0.1, 0.15) is 34.2 Å². The predicted octanol–water partition coefficient (Wildman–Crippen LogP) is 6.65. The van der Waals surface area contributed by atoms with E-state index in [9.17, 15) is 28.8 Å². The van der Waals surface area contributed by atoms with Crippen molar-refractivity contribution in [2.75, 3.05) is 6.61 Å². The van der Waals surface area contributed by atoms with Crippen LogP contribution in [0.15, 0.2) is 53.5 Å². The van der Waals surface area contributed by atoms with Crippen LogP contribution < -0.4 is 20.7 Å². The van der Waals surface area contributed by atoms with Gasteiger partial charge in [0, 0.05) is 6.42 Å². The van der Waals surface area contributed by atoms with E-state index < -0.39 is 71.1 Å². The maximum Gasteiger partial charge on any atom is 0.414 e. The van der Waals surface area contributed by atoms with Crippen LogP contribution in [-0.4, -0.2) is 77.2 Å². The van der Waals surface area contributed by atoms with Crippen molar-refractivity contribution in [2.45, 2.75) is 124 Å². The van der Waals surface area contributed by atoms with Gasteiger partial charge in [-0.1, -0.05) is 12.1 Å². The van der Waals surface area contributed by atoms with Crippen LogP contribution in [0.5, 0.6) is 5.75 Å². The Morgan fingerprint density at radius 3 is 1.58 bits per heavy atom. The molecule has 0 heterocycles. The first-order valence-corrected chi connectivity index (χ1v) is 17.5. The molecule has 1 atom stereocenters. The monoisotopic (exact) mass is 770 g/mol. The van der Waals surface area contributed by atoms with Crippen LogP contribution in [0.2, 0.25) is 0 Å². The lowest BCUT2D eigenvalue weighted by molar-refractivity contribution is -0.164. The average Bonchev–Trinajstić information content (AvgIpc) is 2.98. The summed E-state index contributed by atoms with van der Waals surface area (Å²) in [6, 6.07) is 11.1. The van der Waals surface area contributed by atoms with Gasteiger partial charge in [-0.25, -0.2) is 29.0 Å². The number of esters is 3. The summed E-state index contributed by atoms with van der Waals surface area (Å²) in [5, 5.41) is 7.16. The number of aliphatic imine (C=N–C) groups is 1. The van der Waals surface area contributed by atoms with E-state index in [2.05, 4.69) is 20.9 Å². The molecule has 0 aliphatic heterocycles. The van der Waals surface area contributed by atoms with Crippen LogP contribution in [0.3, 0.4) is 0 Å². The van der Waals surface area contributed by atoms with E-state index in [1.165, 1.54) is 24.3 Å². The molecule has 2 aromatic carbocycles. The molecule has 2 rings (SSSR count). The van der Waals surface area contributed by atoms with Crippen LogP contribution in [0.4, 0.5) is 20.1 Å². The number of hydrogen-bond donors (Lipinski definition) is 3. The van der Waals surface area contributed by atoms with Gasteiger partial charge < -0.3 is 33.7 Å². The summed E-state index contributed by atoms with van der Waals surface area (Å²) < 4.78 is 31.9. The van der Waals surface area contributed by atoms with Gasteiger partial charge in [-0.2, -0.15) is 0 Å². The van der Waals surface area contributed by atoms with Gasteiger partial charge in [-0.05, 0) is 125 Å². The van der Waals surface area contributed by atoms with Crippen molar-refractivity contribution >= 4 is 47.8 Å². The highest BCUT2D eigenvalue weighted by Crippen LogP contribution is 2.19. The molecule has 0 bridgehead atoms. The number of carbonyl (C=O) groups is 6. The molecular weight excluding hydrogens is 716 g/mol. The lowest BCUT2D eigenvalue weighted by atomic mass is 10.1. The molecule has 0 fully saturated rings. The molecule has 0 saturated heterocycles. The third kappa shape index (κ3) is 19.8. The van der Waals surface area contributed by atoms with Crippen LogP contribution in [0.25, 0.3) is 0 Å². The normalized spacial score (nSPS) is 12.2. The molecule has 16 heteroatoms. The predicted molar refractivity (Wildman–Crippen MR) is 202 cm³/mol. The van der Waals surface area contributed by atoms with Gasteiger partial charge in [0.25, 0.3) is 0 Å². The number of alkyl carbamates (subject to hydrolysis) is 3. The molecule has 0 spiro atoms. The third-order valence-electron chi connectivity index (χ3n) is 6.11. The number of rotatable bonds is 10. The molecule has 3 amide bonds. The summed E-state index contributed by atoms with van der Waals surface area (Å²) in [6.45, 7) is 20.1. The second-order valence-electron chi connectivity index (χ2n) is 16.2. The minimum atomic E-state index is -1.32. The molecule has 1 unspecified atom stereocenters. The van der Waals surface area contributed by atoms with E-state index in [4.69, 9.17) is 28.4 Å². The van der Waals surface area contributed by atoms with Crippen molar-refractivity contribution in [1.82, 2.24) is 16.0 Å². The third-order valence-corrected chi connectivity index (χ3v) is 6.11. The molecule has 0 saturated carbocycles. The zero-order valence-corrected chi connectivity index (χ0v) is 33.7. The summed E-state index contributed by atoms with van der Waals surface area (Å²) in [5.41, 5.74) is -2.03. The lowest BCUT2D eigenvalue weighted by Gasteiger charge is -2.25. The highest BCUT2D eigenvalue weighted by molar-refractivity contribution is 6.02. The Morgan fingerprint density at radius 1 is 0.618 bits per heavy atom. The number of hydrogen-bond acceptors (Lipinski definition) is 13. The van der Waals surface area contributed by atoms with Gasteiger partial charge in [0.15, 0.2) is 0 Å². The zero-order valence-electron chi connectivity index (χ0n) is 33.7. The van der Waals surface area contributed by atoms with E-state index in [0.29, 0.717) is 6.42 Å². The molecule has 0 aliphatic rings. The number of amides is 3. The molecule has 0 aromatic heterocycles. The fourth-order valence-corrected chi connectivity index (χ4v) is 4.14. The zero-order chi connectivity index (χ0) is 41.8. The molecule has 302 valence electrons. The molecule has 2 aromatic rings. The number of guanidine groups is 1. The van der Waals surface area contributed by atoms with E-state index in [-0.39, 0.29) is 29.6 Å². The Balaban J connectivity index is 2.00. The largest absolute Gasteiger partial charge is 0.460 e. The van der Waals surface area contributed by atoms with E-state index in [0.717, 1.165) is 5.56 Å². The van der Waals surface area contributed by atoms with Gasteiger partial charge >= 0.3 is 36.2 Å². The lowest BCUT2D eigenvalue weighted by Crippen LogP contribution is -2.47. The van der Waals surface area contributed by atoms with Crippen molar-refractivity contribution in [3.05, 3.63) is 59.7 Å². The highest BCUT2D eigenvalue weighted by Gasteiger charge is 2.31. The van der Waals surface area contributed by atoms with Gasteiger partial charge in [0.2, 0.25) is 5.96 Å². The Labute approximate surface area is 322 Å². The van der Waals surface area contributed by atoms with Gasteiger partial charge in [-0.3, -0.25) is 15.4 Å². The minimum absolute atomic E-state index is 0.0599. The Bertz CT molecular complexity index is 1660. The summed E-state index contributed by atoms with van der Waals surface area (Å²) in [5.74, 6) is -2.16. The second-order valence-corrected chi connectivity index (χ2v) is 16.2. The molecule has 0 aliphatic carbocycles. The summed E-state index contributed by atoms with van der Waals surface area (Å²) in [6.07, 6.45) is -2.78. The first-order chi connectivity index (χ1) is 25.2. The van der Waals surface area contributed by atoms with E-state index >= 15 is 0 Å². The quantitative estimate of drug-likeness (QED) is 0.0763. The fraction of sp³-hybridized carbons (Fsp3) is 0.513. The topological polar surface area (TPSA) is 206 Å². The first kappa shape index (κ1) is 45.5. The van der Waals surface area contributed by atoms with Crippen LogP contribution in [-0.2, 0) is 39.7 Å². The van der Waals surface area contributed by atoms with Gasteiger partial charge in [0.05, 0.1) is 24.3 Å². The van der Waals surface area contributed by atoms with Crippen LogP contribution in [0, 0.1) is 0 Å². The SMILES string of the molecule is CC(C)(C)OC(=O)CC(NC(=O)OCCc1ccc(OC(=O)c2ccc(N=C(NC(=O)OC(C)(C)C)NC(=O)OC(C)(C)C)cc2)cc1)C(=O)OC(C)(C)C. The molecule has 16 nitrogen and oxygen atoms in total. The standard InChI is InChI=1S/C39H54N4O12/c1-36(2,3)52-29(44)23-28(31(46)53-37(4,5)6)41-33(47)50-22-21-24-13-19-27(20-14-24)51-30(45)25-15-17-26(18-16-25)40-32(42-34(48)54-38(7,8)9)43-35(49)55-39(10,11)12/h13-20,28H,21-23H2,1-12H3,(H,41,47)(H2,40,42,43,48,49). The second kappa shape index (κ2) is 19.1. The van der Waals surface area contributed by atoms with Crippen molar-refractivity contribution in [2.24, 2.45) is 4.99 Å². The van der Waals surface area contributed by atoms with Crippen molar-refractivity contribution in [3.63, 3.8) is 0 Å². The maximum atomic E-state index is 12.9. The maximum absolute atomic E-state index is 12.9. The number of ether oxygens (including phenoxy) is 6. The molecular formula is C39H54N4O12. The Kier molecular flexibility index (Phi) is 15.8. The number of carbonyl (C=O) groups excluding carboxylic acids is 6. The summed E-state index contributed by atoms with van der Waals surface area (Å²) >= 11 is 0. The number of nitrogens with one attached hydrogen (secondary N) is 3. The fourth-order valence-electron chi connectivity index (χ4n) is 4.14. The average molecular weight is 771 g/mol. The van der Waals surface area contributed by atoms with Crippen LogP contribution in [0.1, 0.15) is 105 Å². The van der Waals surface area contributed by atoms with E-state index in [1.807, 2.05) is 0 Å². The Morgan fingerprint density at radius 2 is 1.11 bits per heavy atom. The van der Waals surface area contributed by atoms with Crippen molar-refractivity contribution in [1.29, 1.82) is 0 Å². The first-order valence-electron chi connectivity index (χ1n) is 17.5. The summed E-state index contributed by atoms with van der Waals surface area (Å²) in [7, 11) is 0. The smallest absolute Gasteiger partial charge is 0.414 e. The van der Waals surface area contributed by atoms with Crippen LogP contribution >= 0.6 is 0 Å². The number of nitrogens with zero attached hydrogens (tertiary/aromatic N) is 1. The van der Waals surface area contributed by atoms with Gasteiger partial charge in [-0.15, -0.1) is 0 Å².